The minimum Gasteiger partial charge on any atom is -0.381 e. The van der Waals surface area contributed by atoms with E-state index < -0.39 is 0 Å². The van der Waals surface area contributed by atoms with Gasteiger partial charge in [-0.25, -0.2) is 0 Å². The van der Waals surface area contributed by atoms with Crippen molar-refractivity contribution in [3.8, 4) is 0 Å². The highest BCUT2D eigenvalue weighted by Crippen LogP contribution is 2.16. The summed E-state index contributed by atoms with van der Waals surface area (Å²) in [5.74, 6) is 0. The first-order chi connectivity index (χ1) is 9.94. The summed E-state index contributed by atoms with van der Waals surface area (Å²) in [6, 6.07) is 9.67. The zero-order valence-electron chi connectivity index (χ0n) is 14.0. The number of nitrogens with one attached hydrogen (secondary N) is 1. The van der Waals surface area contributed by atoms with E-state index in [1.54, 1.807) is 0 Å². The summed E-state index contributed by atoms with van der Waals surface area (Å²) in [6.45, 7) is 10.4. The molecule has 0 aromatic heterocycles. The highest BCUT2D eigenvalue weighted by Gasteiger charge is 2.18. The van der Waals surface area contributed by atoms with Gasteiger partial charge >= 0.3 is 0 Å². The van der Waals surface area contributed by atoms with Crippen molar-refractivity contribution in [2.45, 2.75) is 58.3 Å². The standard InChI is InChI=1S/C18H30N2O/c1-18(2,3)19-13-15-5-7-16(8-6-15)14-20(4)17-9-11-21-12-10-17/h5-8,17,19H,9-14H2,1-4H3. The van der Waals surface area contributed by atoms with Gasteiger partial charge in [0.05, 0.1) is 0 Å². The average molecular weight is 290 g/mol. The van der Waals surface area contributed by atoms with Gasteiger partial charge in [-0.1, -0.05) is 24.3 Å². The molecule has 1 N–H and O–H groups in total. The lowest BCUT2D eigenvalue weighted by Crippen LogP contribution is -2.36. The zero-order valence-corrected chi connectivity index (χ0v) is 14.0. The van der Waals surface area contributed by atoms with Crippen molar-refractivity contribution < 1.29 is 4.74 Å². The van der Waals surface area contributed by atoms with E-state index in [2.05, 4.69) is 62.3 Å². The summed E-state index contributed by atoms with van der Waals surface area (Å²) in [4.78, 5) is 2.46. The van der Waals surface area contributed by atoms with Crippen molar-refractivity contribution in [3.05, 3.63) is 35.4 Å². The Labute approximate surface area is 129 Å². The largest absolute Gasteiger partial charge is 0.381 e. The second kappa shape index (κ2) is 7.39. The summed E-state index contributed by atoms with van der Waals surface area (Å²) >= 11 is 0. The number of nitrogens with zero attached hydrogens (tertiary/aromatic N) is 1. The number of hydrogen-bond donors (Lipinski definition) is 1. The summed E-state index contributed by atoms with van der Waals surface area (Å²) in [5, 5.41) is 3.53. The molecule has 0 bridgehead atoms. The lowest BCUT2D eigenvalue weighted by atomic mass is 10.1. The van der Waals surface area contributed by atoms with Crippen LogP contribution >= 0.6 is 0 Å². The lowest BCUT2D eigenvalue weighted by Gasteiger charge is -2.31. The number of benzene rings is 1. The Hall–Kier alpha value is -0.900. The van der Waals surface area contributed by atoms with Gasteiger partial charge in [-0.3, -0.25) is 4.90 Å². The van der Waals surface area contributed by atoms with Crippen molar-refractivity contribution >= 4 is 0 Å². The molecule has 3 heteroatoms. The van der Waals surface area contributed by atoms with Crippen LogP contribution in [0.25, 0.3) is 0 Å². The zero-order chi connectivity index (χ0) is 15.3. The molecule has 1 aromatic rings. The topological polar surface area (TPSA) is 24.5 Å². The van der Waals surface area contributed by atoms with Crippen LogP contribution < -0.4 is 5.32 Å². The normalized spacial score (nSPS) is 17.4. The Morgan fingerprint density at radius 1 is 1.10 bits per heavy atom. The monoisotopic (exact) mass is 290 g/mol. The van der Waals surface area contributed by atoms with Gasteiger partial charge < -0.3 is 10.1 Å². The van der Waals surface area contributed by atoms with Gasteiger partial charge in [-0.05, 0) is 51.8 Å². The van der Waals surface area contributed by atoms with E-state index in [9.17, 15) is 0 Å². The quantitative estimate of drug-likeness (QED) is 0.901. The Kier molecular flexibility index (Phi) is 5.80. The minimum atomic E-state index is 0.169. The van der Waals surface area contributed by atoms with Crippen LogP contribution in [0.5, 0.6) is 0 Å². The van der Waals surface area contributed by atoms with Crippen LogP contribution in [0, 0.1) is 0 Å². The molecular weight excluding hydrogens is 260 g/mol. The Bertz CT molecular complexity index is 416. The minimum absolute atomic E-state index is 0.169. The van der Waals surface area contributed by atoms with Crippen molar-refractivity contribution in [1.82, 2.24) is 10.2 Å². The molecule has 0 spiro atoms. The summed E-state index contributed by atoms with van der Waals surface area (Å²) in [5.41, 5.74) is 2.91. The molecule has 0 radical (unpaired) electrons. The molecule has 1 fully saturated rings. The maximum Gasteiger partial charge on any atom is 0.0480 e. The molecule has 2 rings (SSSR count). The summed E-state index contributed by atoms with van der Waals surface area (Å²) in [7, 11) is 2.23. The lowest BCUT2D eigenvalue weighted by molar-refractivity contribution is 0.0407. The first-order valence-electron chi connectivity index (χ1n) is 8.05. The fraction of sp³-hybridized carbons (Fsp3) is 0.667. The van der Waals surface area contributed by atoms with E-state index in [0.29, 0.717) is 6.04 Å². The van der Waals surface area contributed by atoms with Crippen LogP contribution in [0.15, 0.2) is 24.3 Å². The molecule has 1 heterocycles. The number of ether oxygens (including phenoxy) is 1. The highest BCUT2D eigenvalue weighted by molar-refractivity contribution is 5.22. The van der Waals surface area contributed by atoms with E-state index in [4.69, 9.17) is 4.74 Å². The van der Waals surface area contributed by atoms with Crippen LogP contribution in [-0.2, 0) is 17.8 Å². The van der Waals surface area contributed by atoms with Crippen LogP contribution in [0.3, 0.4) is 0 Å². The van der Waals surface area contributed by atoms with E-state index in [1.165, 1.54) is 11.1 Å². The Balaban J connectivity index is 1.84. The molecule has 1 saturated heterocycles. The van der Waals surface area contributed by atoms with Crippen molar-refractivity contribution in [1.29, 1.82) is 0 Å². The van der Waals surface area contributed by atoms with Crippen molar-refractivity contribution in [2.75, 3.05) is 20.3 Å². The van der Waals surface area contributed by atoms with E-state index >= 15 is 0 Å². The Morgan fingerprint density at radius 2 is 1.67 bits per heavy atom. The third-order valence-corrected chi connectivity index (χ3v) is 4.09. The maximum absolute atomic E-state index is 5.44. The van der Waals surface area contributed by atoms with Gasteiger partial charge in [0, 0.05) is 37.9 Å². The Morgan fingerprint density at radius 3 is 2.24 bits per heavy atom. The van der Waals surface area contributed by atoms with Gasteiger partial charge in [-0.2, -0.15) is 0 Å². The number of rotatable bonds is 5. The van der Waals surface area contributed by atoms with Gasteiger partial charge in [0.25, 0.3) is 0 Å². The van der Waals surface area contributed by atoms with E-state index in [0.717, 1.165) is 39.1 Å². The second-order valence-electron chi connectivity index (χ2n) is 7.18. The van der Waals surface area contributed by atoms with Gasteiger partial charge in [0.1, 0.15) is 0 Å². The first kappa shape index (κ1) is 16.5. The van der Waals surface area contributed by atoms with E-state index in [-0.39, 0.29) is 5.54 Å². The molecule has 1 aliphatic heterocycles. The third-order valence-electron chi connectivity index (χ3n) is 4.09. The molecule has 0 saturated carbocycles. The van der Waals surface area contributed by atoms with Crippen LogP contribution in [0.2, 0.25) is 0 Å². The van der Waals surface area contributed by atoms with Crippen molar-refractivity contribution in [3.63, 3.8) is 0 Å². The van der Waals surface area contributed by atoms with Gasteiger partial charge in [0.2, 0.25) is 0 Å². The molecule has 1 aromatic carbocycles. The molecule has 0 aliphatic carbocycles. The average Bonchev–Trinajstić information content (AvgIpc) is 2.46. The maximum atomic E-state index is 5.44. The predicted octanol–water partition coefficient (Wildman–Crippen LogP) is 3.19. The molecule has 3 nitrogen and oxygen atoms in total. The highest BCUT2D eigenvalue weighted by atomic mass is 16.5. The molecular formula is C18H30N2O. The summed E-state index contributed by atoms with van der Waals surface area (Å²) in [6.07, 6.45) is 2.31. The SMILES string of the molecule is CN(Cc1ccc(CNC(C)(C)C)cc1)C1CCOCC1. The first-order valence-corrected chi connectivity index (χ1v) is 8.05. The molecule has 118 valence electrons. The second-order valence-corrected chi connectivity index (χ2v) is 7.18. The van der Waals surface area contributed by atoms with Crippen LogP contribution in [-0.4, -0.2) is 36.7 Å². The molecule has 1 aliphatic rings. The fourth-order valence-corrected chi connectivity index (χ4v) is 2.67. The smallest absolute Gasteiger partial charge is 0.0480 e. The molecule has 0 amide bonds. The summed E-state index contributed by atoms with van der Waals surface area (Å²) < 4.78 is 5.44. The van der Waals surface area contributed by atoms with Gasteiger partial charge in [0.15, 0.2) is 0 Å². The molecule has 0 unspecified atom stereocenters. The van der Waals surface area contributed by atoms with Crippen molar-refractivity contribution in [2.24, 2.45) is 0 Å². The number of hydrogen-bond acceptors (Lipinski definition) is 3. The van der Waals surface area contributed by atoms with Gasteiger partial charge in [-0.15, -0.1) is 0 Å². The fourth-order valence-electron chi connectivity index (χ4n) is 2.67. The molecule has 21 heavy (non-hydrogen) atoms. The van der Waals surface area contributed by atoms with Crippen LogP contribution in [0.1, 0.15) is 44.7 Å². The third kappa shape index (κ3) is 5.77. The predicted molar refractivity (Wildman–Crippen MR) is 88.3 cm³/mol. The van der Waals surface area contributed by atoms with Crippen LogP contribution in [0.4, 0.5) is 0 Å². The van der Waals surface area contributed by atoms with E-state index in [1.807, 2.05) is 0 Å². The molecule has 0 atom stereocenters.